The summed E-state index contributed by atoms with van der Waals surface area (Å²) >= 11 is 5.78. The number of benzene rings is 2. The zero-order chi connectivity index (χ0) is 14.0. The third-order valence-corrected chi connectivity index (χ3v) is 2.89. The molecule has 2 aromatic rings. The highest BCUT2D eigenvalue weighted by Gasteiger charge is 2.23. The molecule has 6 heteroatoms. The first-order valence-electron chi connectivity index (χ1n) is 5.34. The van der Waals surface area contributed by atoms with Gasteiger partial charge in [0.25, 0.3) is 11.6 Å². The molecule has 0 spiro atoms. The lowest BCUT2D eigenvalue weighted by molar-refractivity contribution is -0.384. The van der Waals surface area contributed by atoms with Gasteiger partial charge in [0.05, 0.1) is 10.5 Å². The molecule has 0 saturated carbocycles. The lowest BCUT2D eigenvalue weighted by Gasteiger charge is -2.06. The Balaban J connectivity index is 2.69. The number of carbonyl (C=O) groups excluding carboxylic acids is 1. The number of carbonyl (C=O) groups is 1. The monoisotopic (exact) mass is 276 g/mol. The number of primary amides is 1. The maximum atomic E-state index is 11.3. The van der Waals surface area contributed by atoms with Crippen molar-refractivity contribution in [3.05, 3.63) is 63.2 Å². The van der Waals surface area contributed by atoms with Crippen LogP contribution in [-0.2, 0) is 0 Å². The standard InChI is InChI=1S/C13H9ClN2O3/c14-9-6-4-8(5-7-9)10-2-1-3-11(13(15)17)12(10)16(18)19/h1-7H,(H2,15,17). The summed E-state index contributed by atoms with van der Waals surface area (Å²) in [4.78, 5) is 21.8. The van der Waals surface area contributed by atoms with E-state index in [-0.39, 0.29) is 11.3 Å². The molecule has 0 saturated heterocycles. The van der Waals surface area contributed by atoms with Crippen LogP contribution in [0.3, 0.4) is 0 Å². The molecule has 0 unspecified atom stereocenters. The van der Waals surface area contributed by atoms with Gasteiger partial charge in [0.15, 0.2) is 0 Å². The van der Waals surface area contributed by atoms with Crippen LogP contribution in [0.1, 0.15) is 10.4 Å². The Morgan fingerprint density at radius 3 is 2.32 bits per heavy atom. The van der Waals surface area contributed by atoms with Gasteiger partial charge < -0.3 is 5.73 Å². The fourth-order valence-corrected chi connectivity index (χ4v) is 1.93. The van der Waals surface area contributed by atoms with E-state index < -0.39 is 10.8 Å². The largest absolute Gasteiger partial charge is 0.365 e. The fraction of sp³-hybridized carbons (Fsp3) is 0. The van der Waals surface area contributed by atoms with Gasteiger partial charge in [0.2, 0.25) is 0 Å². The second kappa shape index (κ2) is 5.07. The summed E-state index contributed by atoms with van der Waals surface area (Å²) in [7, 11) is 0. The van der Waals surface area contributed by atoms with Gasteiger partial charge in [-0.2, -0.15) is 0 Å². The summed E-state index contributed by atoms with van der Waals surface area (Å²) in [5, 5.41) is 11.7. The number of hydrogen-bond donors (Lipinski definition) is 1. The van der Waals surface area contributed by atoms with Crippen LogP contribution in [0.2, 0.25) is 5.02 Å². The Morgan fingerprint density at radius 1 is 1.16 bits per heavy atom. The van der Waals surface area contributed by atoms with E-state index in [1.807, 2.05) is 0 Å². The summed E-state index contributed by atoms with van der Waals surface area (Å²) in [5.41, 5.74) is 5.68. The van der Waals surface area contributed by atoms with Crippen molar-refractivity contribution in [3.8, 4) is 11.1 Å². The maximum absolute atomic E-state index is 11.3. The minimum Gasteiger partial charge on any atom is -0.365 e. The van der Waals surface area contributed by atoms with E-state index in [4.69, 9.17) is 17.3 Å². The molecule has 2 N–H and O–H groups in total. The molecule has 19 heavy (non-hydrogen) atoms. The zero-order valence-electron chi connectivity index (χ0n) is 9.67. The van der Waals surface area contributed by atoms with E-state index in [9.17, 15) is 14.9 Å². The van der Waals surface area contributed by atoms with Crippen molar-refractivity contribution in [1.82, 2.24) is 0 Å². The van der Waals surface area contributed by atoms with Crippen LogP contribution in [-0.4, -0.2) is 10.8 Å². The van der Waals surface area contributed by atoms with Crippen molar-refractivity contribution in [2.75, 3.05) is 0 Å². The molecule has 0 fully saturated rings. The lowest BCUT2D eigenvalue weighted by Crippen LogP contribution is -2.13. The molecule has 0 aromatic heterocycles. The van der Waals surface area contributed by atoms with E-state index in [0.717, 1.165) is 0 Å². The van der Waals surface area contributed by atoms with Gasteiger partial charge in [-0.05, 0) is 29.8 Å². The van der Waals surface area contributed by atoms with Gasteiger partial charge in [0, 0.05) is 5.02 Å². The number of nitro benzene ring substituents is 1. The molecular weight excluding hydrogens is 268 g/mol. The number of para-hydroxylation sites is 1. The second-order valence-electron chi connectivity index (χ2n) is 3.83. The van der Waals surface area contributed by atoms with E-state index >= 15 is 0 Å². The number of nitrogens with zero attached hydrogens (tertiary/aromatic N) is 1. The Labute approximate surface area is 113 Å². The molecule has 0 aliphatic heterocycles. The van der Waals surface area contributed by atoms with Crippen LogP contribution < -0.4 is 5.73 Å². The van der Waals surface area contributed by atoms with Crippen molar-refractivity contribution < 1.29 is 9.72 Å². The van der Waals surface area contributed by atoms with E-state index in [1.54, 1.807) is 36.4 Å². The Kier molecular flexibility index (Phi) is 3.48. The van der Waals surface area contributed by atoms with E-state index in [2.05, 4.69) is 0 Å². The first kappa shape index (κ1) is 13.0. The SMILES string of the molecule is NC(=O)c1cccc(-c2ccc(Cl)cc2)c1[N+](=O)[O-]. The maximum Gasteiger partial charge on any atom is 0.289 e. The smallest absolute Gasteiger partial charge is 0.289 e. The first-order valence-corrected chi connectivity index (χ1v) is 5.71. The molecule has 5 nitrogen and oxygen atoms in total. The van der Waals surface area contributed by atoms with Gasteiger partial charge in [-0.15, -0.1) is 0 Å². The van der Waals surface area contributed by atoms with Crippen LogP contribution in [0.25, 0.3) is 11.1 Å². The Morgan fingerprint density at radius 2 is 1.79 bits per heavy atom. The van der Waals surface area contributed by atoms with Crippen molar-refractivity contribution in [2.45, 2.75) is 0 Å². The van der Waals surface area contributed by atoms with Crippen LogP contribution in [0.4, 0.5) is 5.69 Å². The molecule has 2 rings (SSSR count). The third kappa shape index (κ3) is 2.56. The summed E-state index contributed by atoms with van der Waals surface area (Å²) in [6.07, 6.45) is 0. The minimum absolute atomic E-state index is 0.113. The zero-order valence-corrected chi connectivity index (χ0v) is 10.4. The highest BCUT2D eigenvalue weighted by atomic mass is 35.5. The van der Waals surface area contributed by atoms with Crippen molar-refractivity contribution in [1.29, 1.82) is 0 Å². The fourth-order valence-electron chi connectivity index (χ4n) is 1.80. The Hall–Kier alpha value is -2.40. The highest BCUT2D eigenvalue weighted by Crippen LogP contribution is 2.33. The Bertz CT molecular complexity index is 653. The molecule has 0 atom stereocenters. The molecule has 0 bridgehead atoms. The van der Waals surface area contributed by atoms with Gasteiger partial charge in [-0.3, -0.25) is 14.9 Å². The van der Waals surface area contributed by atoms with Crippen LogP contribution in [0.15, 0.2) is 42.5 Å². The van der Waals surface area contributed by atoms with Gasteiger partial charge in [0.1, 0.15) is 5.56 Å². The number of amides is 1. The number of halogens is 1. The predicted molar refractivity (Wildman–Crippen MR) is 72.1 cm³/mol. The summed E-state index contributed by atoms with van der Waals surface area (Å²) in [6, 6.07) is 11.0. The summed E-state index contributed by atoms with van der Waals surface area (Å²) in [6.45, 7) is 0. The van der Waals surface area contributed by atoms with Crippen molar-refractivity contribution >= 4 is 23.2 Å². The van der Waals surface area contributed by atoms with Crippen LogP contribution in [0.5, 0.6) is 0 Å². The molecule has 1 amide bonds. The summed E-state index contributed by atoms with van der Waals surface area (Å²) in [5.74, 6) is -0.831. The normalized spacial score (nSPS) is 10.2. The van der Waals surface area contributed by atoms with Crippen molar-refractivity contribution in [2.24, 2.45) is 5.73 Å². The quantitative estimate of drug-likeness (QED) is 0.690. The van der Waals surface area contributed by atoms with Gasteiger partial charge in [-0.25, -0.2) is 0 Å². The average molecular weight is 277 g/mol. The van der Waals surface area contributed by atoms with Gasteiger partial charge in [-0.1, -0.05) is 29.8 Å². The lowest BCUT2D eigenvalue weighted by atomic mass is 10.00. The van der Waals surface area contributed by atoms with Crippen LogP contribution >= 0.6 is 11.6 Å². The molecule has 0 heterocycles. The molecule has 0 radical (unpaired) electrons. The van der Waals surface area contributed by atoms with Gasteiger partial charge >= 0.3 is 0 Å². The molecule has 96 valence electrons. The van der Waals surface area contributed by atoms with Crippen LogP contribution in [0, 0.1) is 10.1 Å². The number of rotatable bonds is 3. The highest BCUT2D eigenvalue weighted by molar-refractivity contribution is 6.30. The first-order chi connectivity index (χ1) is 9.00. The molecule has 0 aliphatic carbocycles. The second-order valence-corrected chi connectivity index (χ2v) is 4.27. The topological polar surface area (TPSA) is 86.2 Å². The molecule has 0 aliphatic rings. The summed E-state index contributed by atoms with van der Waals surface area (Å²) < 4.78 is 0. The third-order valence-electron chi connectivity index (χ3n) is 2.64. The minimum atomic E-state index is -0.831. The van der Waals surface area contributed by atoms with E-state index in [0.29, 0.717) is 16.1 Å². The van der Waals surface area contributed by atoms with Crippen molar-refractivity contribution in [3.63, 3.8) is 0 Å². The molecule has 2 aromatic carbocycles. The number of nitrogens with two attached hydrogens (primary N) is 1. The average Bonchev–Trinajstić information content (AvgIpc) is 2.38. The van der Waals surface area contributed by atoms with E-state index in [1.165, 1.54) is 6.07 Å². The number of nitro groups is 1. The number of hydrogen-bond acceptors (Lipinski definition) is 3. The molecular formula is C13H9ClN2O3. The predicted octanol–water partition coefficient (Wildman–Crippen LogP) is 3.01.